The van der Waals surface area contributed by atoms with Gasteiger partial charge in [-0.2, -0.15) is 0 Å². The lowest BCUT2D eigenvalue weighted by Crippen LogP contribution is -2.50. The highest BCUT2D eigenvalue weighted by Crippen LogP contribution is 2.23. The molecule has 1 aromatic heterocycles. The number of carbonyl (C=O) groups is 1. The smallest absolute Gasteiger partial charge is 0.261 e. The quantitative estimate of drug-likeness (QED) is 0.363. The number of halogens is 2. The molecule has 1 atom stereocenters. The SMILES string of the molecule is CCC(Oc1ccc2ncc(Br)cc2c1)C(=O)NC(C)(C)C=NOCCF. The zero-order chi connectivity index (χ0) is 19.9. The van der Waals surface area contributed by atoms with E-state index in [-0.39, 0.29) is 12.5 Å². The fourth-order valence-corrected chi connectivity index (χ4v) is 2.68. The van der Waals surface area contributed by atoms with Gasteiger partial charge in [0, 0.05) is 16.1 Å². The molecular weight excluding hydrogens is 417 g/mol. The monoisotopic (exact) mass is 439 g/mol. The number of aromatic nitrogens is 1. The first-order chi connectivity index (χ1) is 12.8. The van der Waals surface area contributed by atoms with Crippen molar-refractivity contribution in [2.24, 2.45) is 5.16 Å². The third kappa shape index (κ3) is 6.46. The third-order valence-corrected chi connectivity index (χ3v) is 4.06. The summed E-state index contributed by atoms with van der Waals surface area (Å²) in [6, 6.07) is 7.42. The number of hydrogen-bond acceptors (Lipinski definition) is 5. The van der Waals surface area contributed by atoms with Crippen LogP contribution in [0.4, 0.5) is 4.39 Å². The minimum atomic E-state index is -0.762. The predicted molar refractivity (Wildman–Crippen MR) is 107 cm³/mol. The number of oxime groups is 1. The summed E-state index contributed by atoms with van der Waals surface area (Å²) < 4.78 is 18.8. The Morgan fingerprint density at radius 2 is 2.22 bits per heavy atom. The molecule has 0 aliphatic heterocycles. The van der Waals surface area contributed by atoms with Gasteiger partial charge in [-0.15, -0.1) is 0 Å². The lowest BCUT2D eigenvalue weighted by atomic mass is 10.1. The van der Waals surface area contributed by atoms with Gasteiger partial charge in [-0.1, -0.05) is 12.1 Å². The van der Waals surface area contributed by atoms with Crippen LogP contribution in [0.2, 0.25) is 0 Å². The molecule has 0 fully saturated rings. The van der Waals surface area contributed by atoms with Crippen LogP contribution in [0.1, 0.15) is 27.2 Å². The topological polar surface area (TPSA) is 72.8 Å². The first-order valence-electron chi connectivity index (χ1n) is 8.61. The molecule has 146 valence electrons. The number of nitrogens with one attached hydrogen (secondary N) is 1. The summed E-state index contributed by atoms with van der Waals surface area (Å²) in [5.74, 6) is 0.314. The molecule has 27 heavy (non-hydrogen) atoms. The van der Waals surface area contributed by atoms with Gasteiger partial charge in [0.05, 0.1) is 17.3 Å². The maximum atomic E-state index is 12.6. The summed E-state index contributed by atoms with van der Waals surface area (Å²) in [5.41, 5.74) is 0.0798. The van der Waals surface area contributed by atoms with Crippen molar-refractivity contribution in [2.75, 3.05) is 13.3 Å². The lowest BCUT2D eigenvalue weighted by Gasteiger charge is -2.25. The zero-order valence-corrected chi connectivity index (χ0v) is 17.1. The molecule has 2 rings (SSSR count). The van der Waals surface area contributed by atoms with Crippen LogP contribution in [0, 0.1) is 0 Å². The Balaban J connectivity index is 2.05. The van der Waals surface area contributed by atoms with E-state index in [0.29, 0.717) is 12.2 Å². The Bertz CT molecular complexity index is 814. The Kier molecular flexibility index (Phi) is 7.53. The predicted octanol–water partition coefficient (Wildman–Crippen LogP) is 4.02. The van der Waals surface area contributed by atoms with Crippen LogP contribution in [0.3, 0.4) is 0 Å². The van der Waals surface area contributed by atoms with Crippen LogP contribution in [-0.4, -0.2) is 42.0 Å². The van der Waals surface area contributed by atoms with Crippen LogP contribution >= 0.6 is 15.9 Å². The van der Waals surface area contributed by atoms with Crippen molar-refractivity contribution >= 4 is 39.0 Å². The largest absolute Gasteiger partial charge is 0.481 e. The number of pyridine rings is 1. The molecule has 0 spiro atoms. The Hall–Kier alpha value is -2.22. The van der Waals surface area contributed by atoms with Crippen LogP contribution in [0.15, 0.2) is 40.1 Å². The van der Waals surface area contributed by atoms with E-state index in [2.05, 4.69) is 31.4 Å². The molecule has 6 nitrogen and oxygen atoms in total. The van der Waals surface area contributed by atoms with Crippen molar-refractivity contribution < 1.29 is 18.8 Å². The summed E-state index contributed by atoms with van der Waals surface area (Å²) in [6.07, 6.45) is 2.98. The molecule has 1 amide bonds. The normalized spacial score (nSPS) is 12.9. The summed E-state index contributed by atoms with van der Waals surface area (Å²) in [6.45, 7) is 4.66. The number of benzene rings is 1. The Morgan fingerprint density at radius 1 is 1.44 bits per heavy atom. The second-order valence-electron chi connectivity index (χ2n) is 6.49. The Morgan fingerprint density at radius 3 is 2.93 bits per heavy atom. The molecule has 1 heterocycles. The Labute approximate surface area is 166 Å². The van der Waals surface area contributed by atoms with Gasteiger partial charge < -0.3 is 14.9 Å². The van der Waals surface area contributed by atoms with Crippen LogP contribution < -0.4 is 10.1 Å². The highest BCUT2D eigenvalue weighted by atomic mass is 79.9. The van der Waals surface area contributed by atoms with E-state index in [1.165, 1.54) is 6.21 Å². The molecule has 1 N–H and O–H groups in total. The number of rotatable bonds is 9. The number of carbonyl (C=O) groups excluding carboxylic acids is 1. The van der Waals surface area contributed by atoms with E-state index in [1.807, 2.05) is 25.1 Å². The van der Waals surface area contributed by atoms with Crippen molar-refractivity contribution in [2.45, 2.75) is 38.8 Å². The van der Waals surface area contributed by atoms with Gasteiger partial charge >= 0.3 is 0 Å². The van der Waals surface area contributed by atoms with Crippen LogP contribution in [0.25, 0.3) is 10.9 Å². The second kappa shape index (κ2) is 9.64. The fourth-order valence-electron chi connectivity index (χ4n) is 2.33. The van der Waals surface area contributed by atoms with Crippen molar-refractivity contribution in [1.29, 1.82) is 0 Å². The number of alkyl halides is 1. The summed E-state index contributed by atoms with van der Waals surface area (Å²) >= 11 is 3.40. The zero-order valence-electron chi connectivity index (χ0n) is 15.5. The molecular formula is C19H23BrFN3O3. The molecule has 1 unspecified atom stereocenters. The van der Waals surface area contributed by atoms with E-state index in [1.54, 1.807) is 26.1 Å². The number of amides is 1. The van der Waals surface area contributed by atoms with Gasteiger partial charge in [0.25, 0.3) is 5.91 Å². The third-order valence-electron chi connectivity index (χ3n) is 3.62. The highest BCUT2D eigenvalue weighted by Gasteiger charge is 2.25. The first kappa shape index (κ1) is 21.1. The number of hydrogen-bond donors (Lipinski definition) is 1. The minimum Gasteiger partial charge on any atom is -0.481 e. The molecule has 8 heteroatoms. The van der Waals surface area contributed by atoms with Gasteiger partial charge in [0.2, 0.25) is 0 Å². The first-order valence-corrected chi connectivity index (χ1v) is 9.40. The van der Waals surface area contributed by atoms with Crippen molar-refractivity contribution in [3.05, 3.63) is 34.9 Å². The second-order valence-corrected chi connectivity index (χ2v) is 7.41. The molecule has 0 saturated heterocycles. The van der Waals surface area contributed by atoms with Crippen molar-refractivity contribution in [3.63, 3.8) is 0 Å². The molecule has 0 bridgehead atoms. The van der Waals surface area contributed by atoms with Gasteiger partial charge in [0.1, 0.15) is 19.0 Å². The maximum Gasteiger partial charge on any atom is 0.261 e. The van der Waals surface area contributed by atoms with Crippen molar-refractivity contribution in [1.82, 2.24) is 10.3 Å². The molecule has 0 radical (unpaired) electrons. The average molecular weight is 440 g/mol. The van der Waals surface area contributed by atoms with E-state index in [0.717, 1.165) is 15.4 Å². The molecule has 2 aromatic rings. The molecule has 0 aliphatic rings. The van der Waals surface area contributed by atoms with Gasteiger partial charge in [-0.25, -0.2) is 4.39 Å². The van der Waals surface area contributed by atoms with E-state index in [4.69, 9.17) is 9.57 Å². The minimum absolute atomic E-state index is 0.117. The highest BCUT2D eigenvalue weighted by molar-refractivity contribution is 9.10. The average Bonchev–Trinajstić information content (AvgIpc) is 2.62. The van der Waals surface area contributed by atoms with Gasteiger partial charge in [0.15, 0.2) is 6.10 Å². The van der Waals surface area contributed by atoms with Crippen LogP contribution in [-0.2, 0) is 9.63 Å². The summed E-state index contributed by atoms with van der Waals surface area (Å²) in [5, 5.41) is 7.42. The van der Waals surface area contributed by atoms with E-state index < -0.39 is 18.3 Å². The molecule has 0 aliphatic carbocycles. The molecule has 0 saturated carbocycles. The van der Waals surface area contributed by atoms with Gasteiger partial charge in [-0.05, 0) is 60.5 Å². The lowest BCUT2D eigenvalue weighted by molar-refractivity contribution is -0.129. The number of nitrogens with zero attached hydrogens (tertiary/aromatic N) is 2. The van der Waals surface area contributed by atoms with Crippen molar-refractivity contribution in [3.8, 4) is 5.75 Å². The standard InChI is InChI=1S/C19H23BrFN3O3/c1-4-17(18(25)24-19(2,3)12-23-26-8-7-21)27-15-5-6-16-13(10-15)9-14(20)11-22-16/h5-6,9-12,17H,4,7-8H2,1-3H3,(H,24,25). The summed E-state index contributed by atoms with van der Waals surface area (Å²) in [4.78, 5) is 21.6. The number of ether oxygens (including phenoxy) is 1. The van der Waals surface area contributed by atoms with Gasteiger partial charge in [-0.3, -0.25) is 9.78 Å². The fraction of sp³-hybridized carbons (Fsp3) is 0.421. The molecule has 1 aromatic carbocycles. The number of fused-ring (bicyclic) bond motifs is 1. The van der Waals surface area contributed by atoms with E-state index in [9.17, 15) is 9.18 Å². The maximum absolute atomic E-state index is 12.6. The summed E-state index contributed by atoms with van der Waals surface area (Å²) in [7, 11) is 0. The van der Waals surface area contributed by atoms with E-state index >= 15 is 0 Å². The van der Waals surface area contributed by atoms with Crippen LogP contribution in [0.5, 0.6) is 5.75 Å².